The minimum absolute atomic E-state index is 0.241. The van der Waals surface area contributed by atoms with E-state index in [0.717, 1.165) is 6.42 Å². The fourth-order valence-corrected chi connectivity index (χ4v) is 2.96. The first-order valence-electron chi connectivity index (χ1n) is 9.27. The van der Waals surface area contributed by atoms with Crippen LogP contribution in [0.2, 0.25) is 0 Å². The van der Waals surface area contributed by atoms with Crippen molar-refractivity contribution < 1.29 is 13.9 Å². The van der Waals surface area contributed by atoms with Crippen LogP contribution in [0.1, 0.15) is 33.7 Å². The van der Waals surface area contributed by atoms with Gasteiger partial charge in [0, 0.05) is 25.5 Å². The van der Waals surface area contributed by atoms with Gasteiger partial charge < -0.3 is 14.5 Å². The van der Waals surface area contributed by atoms with Gasteiger partial charge in [0.1, 0.15) is 23.0 Å². The van der Waals surface area contributed by atoms with Crippen LogP contribution in [0.3, 0.4) is 0 Å². The fourth-order valence-electron chi connectivity index (χ4n) is 2.96. The highest BCUT2D eigenvalue weighted by Gasteiger charge is 2.24. The van der Waals surface area contributed by atoms with E-state index in [1.807, 2.05) is 30.3 Å². The number of benzene rings is 1. The van der Waals surface area contributed by atoms with E-state index in [9.17, 15) is 10.1 Å². The van der Waals surface area contributed by atoms with E-state index < -0.39 is 0 Å². The molecule has 3 rings (SSSR count). The molecule has 6 heteroatoms. The van der Waals surface area contributed by atoms with Crippen molar-refractivity contribution in [2.24, 2.45) is 0 Å². The number of furan rings is 1. The van der Waals surface area contributed by atoms with E-state index in [2.05, 4.69) is 23.5 Å². The maximum atomic E-state index is 12.5. The summed E-state index contributed by atoms with van der Waals surface area (Å²) >= 11 is 0. The molecule has 0 bridgehead atoms. The van der Waals surface area contributed by atoms with Crippen molar-refractivity contribution in [2.45, 2.75) is 19.8 Å². The quantitative estimate of drug-likeness (QED) is 0.578. The lowest BCUT2D eigenvalue weighted by Crippen LogP contribution is -2.26. The Balaban J connectivity index is 1.46. The molecule has 0 spiro atoms. The van der Waals surface area contributed by atoms with Crippen molar-refractivity contribution >= 4 is 5.91 Å². The van der Waals surface area contributed by atoms with Gasteiger partial charge in [-0.05, 0) is 37.5 Å². The van der Waals surface area contributed by atoms with Gasteiger partial charge in [-0.2, -0.15) is 5.26 Å². The average molecular weight is 377 g/mol. The fraction of sp³-hybridized carbons (Fsp3) is 0.273. The Morgan fingerprint density at radius 3 is 2.64 bits per heavy atom. The van der Waals surface area contributed by atoms with Crippen LogP contribution in [-0.2, 0) is 11.2 Å². The predicted molar refractivity (Wildman–Crippen MR) is 105 cm³/mol. The third-order valence-electron chi connectivity index (χ3n) is 4.37. The number of nitriles is 1. The number of aryl methyl sites for hydroxylation is 1. The summed E-state index contributed by atoms with van der Waals surface area (Å²) in [4.78, 5) is 12.5. The molecule has 0 saturated heterocycles. The largest absolute Gasteiger partial charge is 0.443 e. The number of nitrogens with one attached hydrogen (secondary N) is 1. The highest BCUT2D eigenvalue weighted by atomic mass is 16.5. The number of nitrogens with zero attached hydrogens (tertiary/aromatic N) is 2. The number of amides is 1. The summed E-state index contributed by atoms with van der Waals surface area (Å²) in [5, 5.41) is 12.3. The Bertz CT molecular complexity index is 938. The molecular weight excluding hydrogens is 354 g/mol. The van der Waals surface area contributed by atoms with Crippen LogP contribution in [0.4, 0.5) is 0 Å². The molecule has 0 aliphatic rings. The Morgan fingerprint density at radius 2 is 1.93 bits per heavy atom. The molecule has 0 atom stereocenters. The third kappa shape index (κ3) is 4.70. The number of ether oxygens (including phenoxy) is 1. The molecular formula is C22H23N3O3. The maximum absolute atomic E-state index is 12.5. The number of hydrogen-bond acceptors (Lipinski definition) is 4. The van der Waals surface area contributed by atoms with E-state index in [-0.39, 0.29) is 17.0 Å². The molecule has 2 aromatic heterocycles. The van der Waals surface area contributed by atoms with E-state index in [1.165, 1.54) is 5.56 Å². The van der Waals surface area contributed by atoms with Crippen molar-refractivity contribution in [3.8, 4) is 12.0 Å². The van der Waals surface area contributed by atoms with Gasteiger partial charge in [-0.3, -0.25) is 9.36 Å². The topological polar surface area (TPSA) is 80.2 Å². The Morgan fingerprint density at radius 1 is 1.18 bits per heavy atom. The second kappa shape index (κ2) is 9.58. The summed E-state index contributed by atoms with van der Waals surface area (Å²) in [5.74, 6) is 0.483. The van der Waals surface area contributed by atoms with Gasteiger partial charge in [0.2, 0.25) is 5.88 Å². The molecule has 6 nitrogen and oxygen atoms in total. The molecule has 3 aromatic rings. The van der Waals surface area contributed by atoms with E-state index in [4.69, 9.17) is 9.15 Å². The molecule has 0 aliphatic heterocycles. The SMILES string of the molecule is Cc1oc(-n2cccc2)c(C#N)c1C(=O)NCCCOCCc1ccccc1. The Kier molecular flexibility index (Phi) is 6.66. The molecule has 144 valence electrons. The minimum atomic E-state index is -0.305. The number of carbonyl (C=O) groups is 1. The predicted octanol–water partition coefficient (Wildman–Crippen LogP) is 3.63. The molecule has 0 fully saturated rings. The molecule has 1 amide bonds. The number of aromatic nitrogens is 1. The Labute approximate surface area is 164 Å². The van der Waals surface area contributed by atoms with Crippen LogP contribution in [-0.4, -0.2) is 30.2 Å². The molecule has 0 unspecified atom stereocenters. The zero-order valence-electron chi connectivity index (χ0n) is 15.9. The van der Waals surface area contributed by atoms with Crippen LogP contribution in [0.25, 0.3) is 5.88 Å². The molecule has 28 heavy (non-hydrogen) atoms. The van der Waals surface area contributed by atoms with Gasteiger partial charge in [-0.25, -0.2) is 0 Å². The van der Waals surface area contributed by atoms with Gasteiger partial charge in [0.25, 0.3) is 5.91 Å². The maximum Gasteiger partial charge on any atom is 0.256 e. The lowest BCUT2D eigenvalue weighted by atomic mass is 10.1. The lowest BCUT2D eigenvalue weighted by molar-refractivity contribution is 0.0940. The van der Waals surface area contributed by atoms with E-state index in [1.54, 1.807) is 23.9 Å². The zero-order valence-corrected chi connectivity index (χ0v) is 15.9. The van der Waals surface area contributed by atoms with Crippen LogP contribution >= 0.6 is 0 Å². The smallest absolute Gasteiger partial charge is 0.256 e. The van der Waals surface area contributed by atoms with E-state index in [0.29, 0.717) is 37.8 Å². The molecule has 0 aliphatic carbocycles. The molecule has 0 radical (unpaired) electrons. The summed E-state index contributed by atoms with van der Waals surface area (Å²) in [7, 11) is 0. The van der Waals surface area contributed by atoms with Crippen LogP contribution < -0.4 is 5.32 Å². The molecule has 0 saturated carbocycles. The first kappa shape index (κ1) is 19.5. The first-order chi connectivity index (χ1) is 13.7. The third-order valence-corrected chi connectivity index (χ3v) is 4.37. The molecule has 1 N–H and O–H groups in total. The second-order valence-electron chi connectivity index (χ2n) is 6.37. The number of carbonyl (C=O) groups excluding carboxylic acids is 1. The van der Waals surface area contributed by atoms with Gasteiger partial charge >= 0.3 is 0 Å². The molecule has 2 heterocycles. The summed E-state index contributed by atoms with van der Waals surface area (Å²) in [5.41, 5.74) is 1.77. The van der Waals surface area contributed by atoms with Gasteiger partial charge in [0.05, 0.1) is 6.61 Å². The Hall–Kier alpha value is -3.30. The van der Waals surface area contributed by atoms with Crippen molar-refractivity contribution in [1.29, 1.82) is 5.26 Å². The second-order valence-corrected chi connectivity index (χ2v) is 6.37. The van der Waals surface area contributed by atoms with Crippen LogP contribution in [0, 0.1) is 18.3 Å². The highest BCUT2D eigenvalue weighted by Crippen LogP contribution is 2.25. The summed E-state index contributed by atoms with van der Waals surface area (Å²) < 4.78 is 13.0. The normalized spacial score (nSPS) is 10.6. The van der Waals surface area contributed by atoms with Gasteiger partial charge in [-0.1, -0.05) is 30.3 Å². The lowest BCUT2D eigenvalue weighted by Gasteiger charge is -2.06. The average Bonchev–Trinajstić information content (AvgIpc) is 3.35. The summed E-state index contributed by atoms with van der Waals surface area (Å²) in [6, 6.07) is 15.9. The highest BCUT2D eigenvalue weighted by molar-refractivity contribution is 5.98. The van der Waals surface area contributed by atoms with Crippen LogP contribution in [0.15, 0.2) is 59.3 Å². The standard InChI is InChI=1S/C22H23N3O3/c1-17-20(19(16-23)22(28-17)25-12-5-6-13-25)21(26)24-11-7-14-27-15-10-18-8-3-2-4-9-18/h2-6,8-9,12-13H,7,10-11,14-15H2,1H3,(H,24,26). The first-order valence-corrected chi connectivity index (χ1v) is 9.27. The van der Waals surface area contributed by atoms with Crippen molar-refractivity contribution in [1.82, 2.24) is 9.88 Å². The van der Waals surface area contributed by atoms with Crippen molar-refractivity contribution in [3.63, 3.8) is 0 Å². The number of rotatable bonds is 9. The van der Waals surface area contributed by atoms with E-state index >= 15 is 0 Å². The van der Waals surface area contributed by atoms with Gasteiger partial charge in [0.15, 0.2) is 0 Å². The number of hydrogen-bond donors (Lipinski definition) is 1. The zero-order chi connectivity index (χ0) is 19.8. The molecule has 1 aromatic carbocycles. The minimum Gasteiger partial charge on any atom is -0.443 e. The van der Waals surface area contributed by atoms with Crippen molar-refractivity contribution in [3.05, 3.63) is 77.3 Å². The van der Waals surface area contributed by atoms with Crippen LogP contribution in [0.5, 0.6) is 0 Å². The van der Waals surface area contributed by atoms with Crippen molar-refractivity contribution in [2.75, 3.05) is 19.8 Å². The van der Waals surface area contributed by atoms with Gasteiger partial charge in [-0.15, -0.1) is 0 Å². The summed E-state index contributed by atoms with van der Waals surface area (Å²) in [6.07, 6.45) is 5.11. The summed E-state index contributed by atoms with van der Waals surface area (Å²) in [6.45, 7) is 3.38. The monoisotopic (exact) mass is 377 g/mol.